The number of hydrogen-bond donors (Lipinski definition) is 2. The zero-order valence-electron chi connectivity index (χ0n) is 9.22. The van der Waals surface area contributed by atoms with Crippen LogP contribution in [0.5, 0.6) is 0 Å². The first-order valence-electron chi connectivity index (χ1n) is 5.30. The standard InChI is InChI=1S/C13H13NO2S/c15-9-11-5-2-1-4-10(11)8-14-13(16)12-6-3-7-17-12/h1-7,15H,8-9H2,(H,14,16). The second-order valence-electron chi connectivity index (χ2n) is 3.59. The van der Waals surface area contributed by atoms with E-state index in [9.17, 15) is 4.79 Å². The van der Waals surface area contributed by atoms with Gasteiger partial charge in [0.05, 0.1) is 11.5 Å². The normalized spacial score (nSPS) is 10.2. The van der Waals surface area contributed by atoms with Gasteiger partial charge in [-0.2, -0.15) is 0 Å². The van der Waals surface area contributed by atoms with Gasteiger partial charge >= 0.3 is 0 Å². The number of aliphatic hydroxyl groups excluding tert-OH is 1. The number of aliphatic hydroxyl groups is 1. The summed E-state index contributed by atoms with van der Waals surface area (Å²) >= 11 is 1.41. The fraction of sp³-hybridized carbons (Fsp3) is 0.154. The first kappa shape index (κ1) is 11.8. The first-order valence-corrected chi connectivity index (χ1v) is 6.18. The molecule has 1 heterocycles. The van der Waals surface area contributed by atoms with Crippen molar-refractivity contribution in [1.82, 2.24) is 5.32 Å². The summed E-state index contributed by atoms with van der Waals surface area (Å²) in [5.74, 6) is -0.0762. The van der Waals surface area contributed by atoms with E-state index < -0.39 is 0 Å². The van der Waals surface area contributed by atoms with E-state index >= 15 is 0 Å². The molecule has 0 fully saturated rings. The summed E-state index contributed by atoms with van der Waals surface area (Å²) in [6, 6.07) is 11.2. The number of rotatable bonds is 4. The number of carbonyl (C=O) groups excluding carboxylic acids is 1. The van der Waals surface area contributed by atoms with Crippen LogP contribution in [-0.2, 0) is 13.2 Å². The van der Waals surface area contributed by atoms with E-state index in [2.05, 4.69) is 5.32 Å². The molecule has 0 unspecified atom stereocenters. The number of carbonyl (C=O) groups is 1. The number of hydrogen-bond acceptors (Lipinski definition) is 3. The Balaban J connectivity index is 2.00. The summed E-state index contributed by atoms with van der Waals surface area (Å²) in [5, 5.41) is 13.9. The summed E-state index contributed by atoms with van der Waals surface area (Å²) in [7, 11) is 0. The molecule has 17 heavy (non-hydrogen) atoms. The van der Waals surface area contributed by atoms with Gasteiger partial charge in [-0.15, -0.1) is 11.3 Å². The maximum Gasteiger partial charge on any atom is 0.261 e. The molecule has 2 N–H and O–H groups in total. The van der Waals surface area contributed by atoms with Crippen LogP contribution in [0.2, 0.25) is 0 Å². The van der Waals surface area contributed by atoms with Gasteiger partial charge in [-0.25, -0.2) is 0 Å². The fourth-order valence-electron chi connectivity index (χ4n) is 1.55. The number of amides is 1. The van der Waals surface area contributed by atoms with Crippen LogP contribution in [0.3, 0.4) is 0 Å². The molecule has 0 saturated carbocycles. The van der Waals surface area contributed by atoms with Gasteiger partial charge in [-0.1, -0.05) is 30.3 Å². The predicted molar refractivity (Wildman–Crippen MR) is 67.9 cm³/mol. The molecular weight excluding hydrogens is 234 g/mol. The SMILES string of the molecule is O=C(NCc1ccccc1CO)c1cccs1. The van der Waals surface area contributed by atoms with Gasteiger partial charge in [0.25, 0.3) is 5.91 Å². The monoisotopic (exact) mass is 247 g/mol. The van der Waals surface area contributed by atoms with Crippen molar-refractivity contribution in [2.45, 2.75) is 13.2 Å². The van der Waals surface area contributed by atoms with Crippen molar-refractivity contribution in [1.29, 1.82) is 0 Å². The molecule has 0 aliphatic rings. The molecule has 0 spiro atoms. The van der Waals surface area contributed by atoms with E-state index in [1.54, 1.807) is 6.07 Å². The molecule has 4 heteroatoms. The van der Waals surface area contributed by atoms with Crippen LogP contribution in [-0.4, -0.2) is 11.0 Å². The van der Waals surface area contributed by atoms with Gasteiger partial charge in [-0.3, -0.25) is 4.79 Å². The first-order chi connectivity index (χ1) is 8.31. The highest BCUT2D eigenvalue weighted by atomic mass is 32.1. The van der Waals surface area contributed by atoms with Crippen molar-refractivity contribution >= 4 is 17.2 Å². The predicted octanol–water partition coefficient (Wildman–Crippen LogP) is 2.17. The van der Waals surface area contributed by atoms with Gasteiger partial charge < -0.3 is 10.4 Å². The van der Waals surface area contributed by atoms with E-state index in [4.69, 9.17) is 5.11 Å². The fourth-order valence-corrected chi connectivity index (χ4v) is 2.19. The third kappa shape index (κ3) is 2.93. The van der Waals surface area contributed by atoms with Crippen molar-refractivity contribution in [2.24, 2.45) is 0 Å². The van der Waals surface area contributed by atoms with Crippen LogP contribution in [0.15, 0.2) is 41.8 Å². The minimum Gasteiger partial charge on any atom is -0.392 e. The third-order valence-corrected chi connectivity index (χ3v) is 3.34. The maximum atomic E-state index is 11.7. The molecule has 88 valence electrons. The lowest BCUT2D eigenvalue weighted by Crippen LogP contribution is -2.22. The molecule has 2 aromatic rings. The molecule has 3 nitrogen and oxygen atoms in total. The molecule has 0 saturated heterocycles. The zero-order chi connectivity index (χ0) is 12.1. The van der Waals surface area contributed by atoms with Gasteiger partial charge in [0.2, 0.25) is 0 Å². The third-order valence-electron chi connectivity index (χ3n) is 2.47. The summed E-state index contributed by atoms with van der Waals surface area (Å²) < 4.78 is 0. The van der Waals surface area contributed by atoms with E-state index in [-0.39, 0.29) is 12.5 Å². The van der Waals surface area contributed by atoms with Crippen molar-refractivity contribution in [2.75, 3.05) is 0 Å². The molecule has 0 aliphatic carbocycles. The van der Waals surface area contributed by atoms with Crippen molar-refractivity contribution in [3.63, 3.8) is 0 Å². The van der Waals surface area contributed by atoms with Crippen LogP contribution in [0.4, 0.5) is 0 Å². The minimum absolute atomic E-state index is 0.00888. The van der Waals surface area contributed by atoms with Gasteiger partial charge in [0.1, 0.15) is 0 Å². The molecule has 1 amide bonds. The summed E-state index contributed by atoms with van der Waals surface area (Å²) in [6.07, 6.45) is 0. The van der Waals surface area contributed by atoms with Crippen LogP contribution in [0.25, 0.3) is 0 Å². The Hall–Kier alpha value is -1.65. The average molecular weight is 247 g/mol. The number of nitrogens with one attached hydrogen (secondary N) is 1. The van der Waals surface area contributed by atoms with Crippen LogP contribution in [0.1, 0.15) is 20.8 Å². The summed E-state index contributed by atoms with van der Waals surface area (Å²) in [5.41, 5.74) is 1.79. The Bertz CT molecular complexity index is 494. The van der Waals surface area contributed by atoms with E-state index in [0.29, 0.717) is 11.4 Å². The second kappa shape index (κ2) is 5.61. The molecule has 1 aromatic heterocycles. The lowest BCUT2D eigenvalue weighted by Gasteiger charge is -2.08. The Morgan fingerprint density at radius 1 is 1.18 bits per heavy atom. The lowest BCUT2D eigenvalue weighted by molar-refractivity contribution is 0.0954. The summed E-state index contributed by atoms with van der Waals surface area (Å²) in [4.78, 5) is 12.4. The Labute approximate surface area is 104 Å². The average Bonchev–Trinajstić information content (AvgIpc) is 2.90. The highest BCUT2D eigenvalue weighted by Gasteiger charge is 2.07. The lowest BCUT2D eigenvalue weighted by atomic mass is 10.1. The Morgan fingerprint density at radius 3 is 2.59 bits per heavy atom. The quantitative estimate of drug-likeness (QED) is 0.870. The summed E-state index contributed by atoms with van der Waals surface area (Å²) in [6.45, 7) is 0.429. The highest BCUT2D eigenvalue weighted by Crippen LogP contribution is 2.10. The molecule has 0 bridgehead atoms. The maximum absolute atomic E-state index is 11.7. The van der Waals surface area contributed by atoms with Gasteiger partial charge in [-0.05, 0) is 22.6 Å². The van der Waals surface area contributed by atoms with Gasteiger partial charge in [0, 0.05) is 6.54 Å². The van der Waals surface area contributed by atoms with Crippen LogP contribution >= 0.6 is 11.3 Å². The Morgan fingerprint density at radius 2 is 1.94 bits per heavy atom. The topological polar surface area (TPSA) is 49.3 Å². The Kier molecular flexibility index (Phi) is 3.90. The largest absolute Gasteiger partial charge is 0.392 e. The molecule has 0 aliphatic heterocycles. The van der Waals surface area contributed by atoms with Crippen molar-refractivity contribution in [3.8, 4) is 0 Å². The van der Waals surface area contributed by atoms with E-state index in [1.165, 1.54) is 11.3 Å². The zero-order valence-corrected chi connectivity index (χ0v) is 10.0. The van der Waals surface area contributed by atoms with E-state index in [1.807, 2.05) is 35.7 Å². The molecular formula is C13H13NO2S. The second-order valence-corrected chi connectivity index (χ2v) is 4.53. The van der Waals surface area contributed by atoms with Crippen molar-refractivity contribution in [3.05, 3.63) is 57.8 Å². The molecule has 0 radical (unpaired) electrons. The number of thiophene rings is 1. The van der Waals surface area contributed by atoms with E-state index in [0.717, 1.165) is 11.1 Å². The van der Waals surface area contributed by atoms with Gasteiger partial charge in [0.15, 0.2) is 0 Å². The highest BCUT2D eigenvalue weighted by molar-refractivity contribution is 7.12. The smallest absolute Gasteiger partial charge is 0.261 e. The molecule has 1 aromatic carbocycles. The van der Waals surface area contributed by atoms with Crippen LogP contribution in [0, 0.1) is 0 Å². The molecule has 0 atom stereocenters. The van der Waals surface area contributed by atoms with Crippen molar-refractivity contribution < 1.29 is 9.90 Å². The minimum atomic E-state index is -0.0762. The number of benzene rings is 1. The molecule has 2 rings (SSSR count). The van der Waals surface area contributed by atoms with Crippen LogP contribution < -0.4 is 5.32 Å².